The molecule has 28 heavy (non-hydrogen) atoms. The molecule has 8 heteroatoms. The zero-order valence-electron chi connectivity index (χ0n) is 18.6. The second kappa shape index (κ2) is 10.8. The molecule has 2 aromatic rings. The molecule has 0 saturated heterocycles. The molecular weight excluding hydrogens is 465 g/mol. The van der Waals surface area contributed by atoms with Gasteiger partial charge in [0.2, 0.25) is 0 Å². The first-order valence-corrected chi connectivity index (χ1v) is 9.80. The van der Waals surface area contributed by atoms with Crippen molar-refractivity contribution < 1.29 is 0 Å². The van der Waals surface area contributed by atoms with Crippen molar-refractivity contribution in [3.63, 3.8) is 0 Å². The van der Waals surface area contributed by atoms with E-state index in [0.717, 1.165) is 43.3 Å². The lowest BCUT2D eigenvalue weighted by Crippen LogP contribution is -2.38. The van der Waals surface area contributed by atoms with E-state index in [0.29, 0.717) is 5.92 Å². The summed E-state index contributed by atoms with van der Waals surface area (Å²) in [6, 6.07) is 0. The lowest BCUT2D eigenvalue weighted by Gasteiger charge is -2.22. The van der Waals surface area contributed by atoms with E-state index in [-0.39, 0.29) is 24.0 Å². The van der Waals surface area contributed by atoms with Crippen LogP contribution in [0.15, 0.2) is 11.2 Å². The maximum Gasteiger partial charge on any atom is 0.193 e. The largest absolute Gasteiger partial charge is 0.352 e. The van der Waals surface area contributed by atoms with Crippen molar-refractivity contribution in [2.45, 2.75) is 59.5 Å². The maximum atomic E-state index is 4.66. The first-order valence-electron chi connectivity index (χ1n) is 9.80. The smallest absolute Gasteiger partial charge is 0.193 e. The van der Waals surface area contributed by atoms with Crippen LogP contribution in [0, 0.1) is 0 Å². The molecule has 158 valence electrons. The van der Waals surface area contributed by atoms with Crippen molar-refractivity contribution in [1.29, 1.82) is 0 Å². The van der Waals surface area contributed by atoms with E-state index in [1.165, 1.54) is 16.8 Å². The molecule has 2 rings (SSSR count). The highest BCUT2D eigenvalue weighted by Crippen LogP contribution is 2.19. The molecule has 0 saturated carbocycles. The van der Waals surface area contributed by atoms with E-state index in [4.69, 9.17) is 0 Å². The van der Waals surface area contributed by atoms with Crippen molar-refractivity contribution in [1.82, 2.24) is 29.8 Å². The minimum Gasteiger partial charge on any atom is -0.352 e. The fourth-order valence-electron chi connectivity index (χ4n) is 3.64. The van der Waals surface area contributed by atoms with Gasteiger partial charge in [-0.2, -0.15) is 10.2 Å². The summed E-state index contributed by atoms with van der Waals surface area (Å²) in [6.07, 6.45) is 4.01. The summed E-state index contributed by atoms with van der Waals surface area (Å²) < 4.78 is 3.90. The Hall–Kier alpha value is -1.58. The van der Waals surface area contributed by atoms with Crippen LogP contribution >= 0.6 is 24.0 Å². The van der Waals surface area contributed by atoms with Gasteiger partial charge in [0.25, 0.3) is 0 Å². The number of aromatic nitrogens is 4. The standard InChI is InChI=1S/C20H35N7.HI/c1-9-17-16(18(10-2)27(8)23-17)11-22-20(21-5)25(6)12-15-13-26(7)24-19(15)14(3)4;/h13-14H,9-12H2,1-8H3,(H,21,22);1H. The van der Waals surface area contributed by atoms with Crippen LogP contribution in [0.1, 0.15) is 61.8 Å². The van der Waals surface area contributed by atoms with Crippen molar-refractivity contribution in [3.8, 4) is 0 Å². The third-order valence-electron chi connectivity index (χ3n) is 4.92. The van der Waals surface area contributed by atoms with Gasteiger partial charge in [-0.15, -0.1) is 24.0 Å². The van der Waals surface area contributed by atoms with E-state index in [9.17, 15) is 0 Å². The highest BCUT2D eigenvalue weighted by atomic mass is 127. The van der Waals surface area contributed by atoms with Gasteiger partial charge in [0.1, 0.15) is 0 Å². The monoisotopic (exact) mass is 501 g/mol. The Morgan fingerprint density at radius 3 is 2.43 bits per heavy atom. The van der Waals surface area contributed by atoms with E-state index in [1.54, 1.807) is 0 Å². The molecule has 0 amide bonds. The second-order valence-corrected chi connectivity index (χ2v) is 7.33. The molecule has 0 aliphatic heterocycles. The van der Waals surface area contributed by atoms with Gasteiger partial charge in [-0.3, -0.25) is 14.4 Å². The maximum absolute atomic E-state index is 4.66. The van der Waals surface area contributed by atoms with Gasteiger partial charge in [-0.1, -0.05) is 27.7 Å². The molecule has 2 heterocycles. The molecule has 7 nitrogen and oxygen atoms in total. The average molecular weight is 501 g/mol. The zero-order valence-corrected chi connectivity index (χ0v) is 20.9. The minimum absolute atomic E-state index is 0. The molecule has 0 radical (unpaired) electrons. The third kappa shape index (κ3) is 5.48. The number of hydrogen-bond acceptors (Lipinski definition) is 3. The summed E-state index contributed by atoms with van der Waals surface area (Å²) in [7, 11) is 7.90. The number of aryl methyl sites for hydroxylation is 3. The molecule has 0 fully saturated rings. The van der Waals surface area contributed by atoms with Gasteiger partial charge in [-0.25, -0.2) is 0 Å². The number of halogens is 1. The number of nitrogens with one attached hydrogen (secondary N) is 1. The van der Waals surface area contributed by atoms with E-state index >= 15 is 0 Å². The van der Waals surface area contributed by atoms with Gasteiger partial charge in [0.15, 0.2) is 5.96 Å². The Bertz CT molecular complexity index is 789. The third-order valence-corrected chi connectivity index (χ3v) is 4.92. The fraction of sp³-hybridized carbons (Fsp3) is 0.650. The van der Waals surface area contributed by atoms with Crippen LogP contribution in [-0.4, -0.2) is 44.5 Å². The predicted molar refractivity (Wildman–Crippen MR) is 126 cm³/mol. The van der Waals surface area contributed by atoms with Crippen LogP contribution in [-0.2, 0) is 40.0 Å². The topological polar surface area (TPSA) is 63.3 Å². The first kappa shape index (κ1) is 24.5. The zero-order chi connectivity index (χ0) is 20.1. The van der Waals surface area contributed by atoms with E-state index < -0.39 is 0 Å². The number of nitrogens with zero attached hydrogens (tertiary/aromatic N) is 6. The lowest BCUT2D eigenvalue weighted by atomic mass is 10.1. The van der Waals surface area contributed by atoms with Crippen LogP contribution in [0.25, 0.3) is 0 Å². The summed E-state index contributed by atoms with van der Waals surface area (Å²) in [5.74, 6) is 1.28. The molecular formula is C20H36IN7. The molecule has 0 atom stereocenters. The van der Waals surface area contributed by atoms with Gasteiger partial charge < -0.3 is 10.2 Å². The van der Waals surface area contributed by atoms with Gasteiger partial charge in [0.05, 0.1) is 11.4 Å². The van der Waals surface area contributed by atoms with Crippen LogP contribution in [0.4, 0.5) is 0 Å². The van der Waals surface area contributed by atoms with Crippen LogP contribution in [0.3, 0.4) is 0 Å². The number of hydrogen-bond donors (Lipinski definition) is 1. The Morgan fingerprint density at radius 1 is 1.21 bits per heavy atom. The number of guanidine groups is 1. The van der Waals surface area contributed by atoms with Crippen molar-refractivity contribution >= 4 is 29.9 Å². The highest BCUT2D eigenvalue weighted by Gasteiger charge is 2.17. The molecule has 0 aromatic carbocycles. The lowest BCUT2D eigenvalue weighted by molar-refractivity contribution is 0.473. The van der Waals surface area contributed by atoms with Crippen LogP contribution in [0.5, 0.6) is 0 Å². The Balaban J connectivity index is 0.00000392. The molecule has 2 aromatic heterocycles. The van der Waals surface area contributed by atoms with E-state index in [2.05, 4.69) is 66.3 Å². The Morgan fingerprint density at radius 2 is 1.89 bits per heavy atom. The Kier molecular flexibility index (Phi) is 9.46. The van der Waals surface area contributed by atoms with Gasteiger partial charge in [-0.05, 0) is 18.8 Å². The molecule has 0 unspecified atom stereocenters. The summed E-state index contributed by atoms with van der Waals surface area (Å²) in [4.78, 5) is 6.62. The second-order valence-electron chi connectivity index (χ2n) is 7.33. The van der Waals surface area contributed by atoms with Crippen LogP contribution in [0.2, 0.25) is 0 Å². The van der Waals surface area contributed by atoms with Crippen molar-refractivity contribution in [2.75, 3.05) is 14.1 Å². The molecule has 0 aliphatic rings. The summed E-state index contributed by atoms with van der Waals surface area (Å²) in [6.45, 7) is 10.2. The normalized spacial score (nSPS) is 11.7. The van der Waals surface area contributed by atoms with E-state index in [1.807, 2.05) is 30.5 Å². The van der Waals surface area contributed by atoms with Crippen molar-refractivity contribution in [3.05, 3.63) is 34.4 Å². The highest BCUT2D eigenvalue weighted by molar-refractivity contribution is 14.0. The molecule has 0 aliphatic carbocycles. The van der Waals surface area contributed by atoms with Gasteiger partial charge in [0, 0.05) is 64.3 Å². The summed E-state index contributed by atoms with van der Waals surface area (Å²) in [5.41, 5.74) is 6.12. The minimum atomic E-state index is 0. The summed E-state index contributed by atoms with van der Waals surface area (Å²) >= 11 is 0. The van der Waals surface area contributed by atoms with Crippen molar-refractivity contribution in [2.24, 2.45) is 19.1 Å². The molecule has 1 N–H and O–H groups in total. The number of rotatable bonds is 7. The van der Waals surface area contributed by atoms with Crippen LogP contribution < -0.4 is 5.32 Å². The molecule has 0 bridgehead atoms. The molecule has 0 spiro atoms. The number of aliphatic imine (C=N–C) groups is 1. The predicted octanol–water partition coefficient (Wildman–Crippen LogP) is 3.23. The first-order chi connectivity index (χ1) is 12.8. The summed E-state index contributed by atoms with van der Waals surface area (Å²) in [5, 5.41) is 12.8. The Labute approximate surface area is 186 Å². The van der Waals surface area contributed by atoms with Gasteiger partial charge >= 0.3 is 0 Å². The SMILES string of the molecule is CCc1nn(C)c(CC)c1CNC(=NC)N(C)Cc1cn(C)nc1C(C)C.I. The quantitative estimate of drug-likeness (QED) is 0.360. The average Bonchev–Trinajstić information content (AvgIpc) is 3.14. The fourth-order valence-corrected chi connectivity index (χ4v) is 3.64.